The molecule has 0 aliphatic heterocycles. The monoisotopic (exact) mass is 366 g/mol. The topological polar surface area (TPSA) is 89.5 Å². The SMILES string of the molecule is COC(C)(CC(=O)[O-])C(=O)[O-].C[CH](C)[Sn+2][CH](C)C. The van der Waals surface area contributed by atoms with Gasteiger partial charge in [0, 0.05) is 19.5 Å². The maximum absolute atomic E-state index is 10.3. The number of methoxy groups -OCH3 is 1. The molecule has 0 aromatic heterocycles. The van der Waals surface area contributed by atoms with Crippen LogP contribution in [0.15, 0.2) is 0 Å². The van der Waals surface area contributed by atoms with E-state index in [0.717, 1.165) is 21.9 Å². The van der Waals surface area contributed by atoms with Gasteiger partial charge in [-0.1, -0.05) is 0 Å². The Kier molecular flexibility index (Phi) is 10.7. The molecule has 0 aromatic rings. The van der Waals surface area contributed by atoms with Gasteiger partial charge in [0.2, 0.25) is 0 Å². The van der Waals surface area contributed by atoms with Crippen LogP contribution in [0.2, 0.25) is 7.87 Å². The summed E-state index contributed by atoms with van der Waals surface area (Å²) in [5.41, 5.74) is -1.79. The van der Waals surface area contributed by atoms with Crippen molar-refractivity contribution in [3.05, 3.63) is 0 Å². The zero-order chi connectivity index (χ0) is 14.9. The van der Waals surface area contributed by atoms with Crippen molar-refractivity contribution < 1.29 is 24.5 Å². The van der Waals surface area contributed by atoms with Crippen LogP contribution in [0, 0.1) is 0 Å². The Hall–Kier alpha value is -0.301. The molecule has 0 bridgehead atoms. The van der Waals surface area contributed by atoms with E-state index in [1.165, 1.54) is 0 Å². The van der Waals surface area contributed by atoms with Crippen LogP contribution in [0.4, 0.5) is 0 Å². The molecule has 0 spiro atoms. The van der Waals surface area contributed by atoms with Gasteiger partial charge in [-0.3, -0.25) is 0 Å². The maximum atomic E-state index is 10.3. The summed E-state index contributed by atoms with van der Waals surface area (Å²) in [5.74, 6) is -3.05. The Morgan fingerprint density at radius 3 is 1.61 bits per heavy atom. The normalized spacial score (nSPS) is 13.3. The number of carbonyl (C=O) groups excluding carboxylic acids is 2. The fraction of sp³-hybridized carbons (Fsp3) is 0.833. The molecule has 18 heavy (non-hydrogen) atoms. The molecule has 0 aliphatic rings. The summed E-state index contributed by atoms with van der Waals surface area (Å²) in [4.78, 5) is 20.3. The quantitative estimate of drug-likeness (QED) is 0.600. The van der Waals surface area contributed by atoms with Gasteiger partial charge < -0.3 is 24.5 Å². The Morgan fingerprint density at radius 1 is 1.17 bits per heavy atom. The average Bonchev–Trinajstić information content (AvgIpc) is 2.14. The first-order valence-electron chi connectivity index (χ1n) is 5.77. The van der Waals surface area contributed by atoms with Gasteiger partial charge in [-0.2, -0.15) is 0 Å². The molecule has 0 saturated carbocycles. The molecule has 0 heterocycles. The zero-order valence-electron chi connectivity index (χ0n) is 11.9. The summed E-state index contributed by atoms with van der Waals surface area (Å²) in [6.45, 7) is 10.5. The fourth-order valence-electron chi connectivity index (χ4n) is 1.17. The predicted molar refractivity (Wildman–Crippen MR) is 66.0 cm³/mol. The van der Waals surface area contributed by atoms with E-state index in [0.29, 0.717) is 0 Å². The number of rotatable bonds is 6. The van der Waals surface area contributed by atoms with E-state index in [9.17, 15) is 19.8 Å². The molecule has 6 heteroatoms. The summed E-state index contributed by atoms with van der Waals surface area (Å²) < 4.78 is 6.52. The van der Waals surface area contributed by atoms with Crippen LogP contribution in [0.25, 0.3) is 0 Å². The van der Waals surface area contributed by atoms with Crippen molar-refractivity contribution in [2.45, 2.75) is 54.5 Å². The molecule has 1 unspecified atom stereocenters. The van der Waals surface area contributed by atoms with Crippen molar-refractivity contribution in [1.29, 1.82) is 0 Å². The van der Waals surface area contributed by atoms with E-state index < -0.39 is 24.0 Å². The van der Waals surface area contributed by atoms with Crippen molar-refractivity contribution in [2.75, 3.05) is 7.11 Å². The van der Waals surface area contributed by atoms with Crippen molar-refractivity contribution in [1.82, 2.24) is 0 Å². The number of carboxylic acids is 2. The third kappa shape index (κ3) is 10.8. The van der Waals surface area contributed by atoms with Gasteiger partial charge in [-0.25, -0.2) is 0 Å². The molecular formula is C12H22O5Sn. The Balaban J connectivity index is 0. The molecule has 0 amide bonds. The average molecular weight is 365 g/mol. The van der Waals surface area contributed by atoms with Crippen LogP contribution in [0.3, 0.4) is 0 Å². The second kappa shape index (κ2) is 9.61. The van der Waals surface area contributed by atoms with E-state index in [1.807, 2.05) is 0 Å². The van der Waals surface area contributed by atoms with E-state index in [1.54, 1.807) is 0 Å². The summed E-state index contributed by atoms with van der Waals surface area (Å²) in [6, 6.07) is 0. The van der Waals surface area contributed by atoms with Gasteiger partial charge in [0.15, 0.2) is 0 Å². The van der Waals surface area contributed by atoms with Gasteiger partial charge in [-0.15, -0.1) is 0 Å². The number of carboxylic acid groups (broad SMARTS) is 2. The number of carbonyl (C=O) groups is 2. The number of hydrogen-bond acceptors (Lipinski definition) is 5. The molecular weight excluding hydrogens is 343 g/mol. The first-order valence-corrected chi connectivity index (χ1v) is 9.07. The van der Waals surface area contributed by atoms with Crippen LogP contribution in [0.1, 0.15) is 41.0 Å². The van der Waals surface area contributed by atoms with Crippen molar-refractivity contribution >= 4 is 33.1 Å². The third-order valence-corrected chi connectivity index (χ3v) is 5.84. The summed E-state index contributed by atoms with van der Waals surface area (Å²) >= 11 is 0.0389. The Labute approximate surface area is 119 Å². The minimum absolute atomic E-state index is 0.0389. The van der Waals surface area contributed by atoms with Gasteiger partial charge in [0.05, 0.1) is 5.97 Å². The van der Waals surface area contributed by atoms with E-state index >= 15 is 0 Å². The molecule has 0 aliphatic carbocycles. The molecule has 0 saturated heterocycles. The molecule has 5 nitrogen and oxygen atoms in total. The number of aliphatic carboxylic acids is 2. The molecule has 1 atom stereocenters. The second-order valence-electron chi connectivity index (χ2n) is 4.75. The van der Waals surface area contributed by atoms with Crippen LogP contribution in [0.5, 0.6) is 0 Å². The Bertz CT molecular complexity index is 259. The number of ether oxygens (including phenoxy) is 1. The summed E-state index contributed by atoms with van der Waals surface area (Å²) in [6.07, 6.45) is -0.716. The van der Waals surface area contributed by atoms with E-state index in [2.05, 4.69) is 32.4 Å². The Morgan fingerprint density at radius 2 is 1.56 bits per heavy atom. The van der Waals surface area contributed by atoms with E-state index in [-0.39, 0.29) is 21.1 Å². The van der Waals surface area contributed by atoms with Crippen molar-refractivity contribution in [3.63, 3.8) is 0 Å². The van der Waals surface area contributed by atoms with Crippen LogP contribution < -0.4 is 10.2 Å². The second-order valence-corrected chi connectivity index (χ2v) is 12.3. The third-order valence-electron chi connectivity index (χ3n) is 2.03. The van der Waals surface area contributed by atoms with Crippen LogP contribution in [-0.2, 0) is 14.3 Å². The fourth-order valence-corrected chi connectivity index (χ4v) is 4.98. The van der Waals surface area contributed by atoms with Gasteiger partial charge in [0.1, 0.15) is 5.60 Å². The summed E-state index contributed by atoms with van der Waals surface area (Å²) in [5, 5.41) is 20.3. The molecule has 0 aromatic carbocycles. The van der Waals surface area contributed by atoms with Crippen molar-refractivity contribution in [2.24, 2.45) is 0 Å². The first-order chi connectivity index (χ1) is 8.05. The molecule has 104 valence electrons. The minimum atomic E-state index is -1.79. The first kappa shape index (κ1) is 20.0. The molecule has 0 fully saturated rings. The molecule has 0 rings (SSSR count). The summed E-state index contributed by atoms with van der Waals surface area (Å²) in [7, 11) is 1.10. The van der Waals surface area contributed by atoms with Crippen LogP contribution >= 0.6 is 0 Å². The zero-order valence-corrected chi connectivity index (χ0v) is 14.8. The standard InChI is InChI=1S/C6H10O5.2C3H7.Sn/c1-6(11-2,5(9)10)3-4(7)8;2*1-3-2;/h3H2,1-2H3,(H,7,8)(H,9,10);2*3H,1-2H3;/q;;;+2/p-2. The van der Waals surface area contributed by atoms with Gasteiger partial charge in [-0.05, 0) is 6.92 Å². The van der Waals surface area contributed by atoms with E-state index in [4.69, 9.17) is 0 Å². The van der Waals surface area contributed by atoms with Gasteiger partial charge >= 0.3 is 56.7 Å². The molecule has 0 N–H and O–H groups in total. The molecule has 0 radical (unpaired) electrons. The predicted octanol–water partition coefficient (Wildman–Crippen LogP) is -0.371. The van der Waals surface area contributed by atoms with Crippen LogP contribution in [-0.4, -0.2) is 45.8 Å². The van der Waals surface area contributed by atoms with Crippen molar-refractivity contribution in [3.8, 4) is 0 Å². The number of hydrogen-bond donors (Lipinski definition) is 0. The van der Waals surface area contributed by atoms with Gasteiger partial charge in [0.25, 0.3) is 0 Å².